The first kappa shape index (κ1) is 14.9. The van der Waals surface area contributed by atoms with E-state index in [9.17, 15) is 9.59 Å². The second-order valence-corrected chi connectivity index (χ2v) is 3.66. The lowest BCUT2D eigenvalue weighted by Crippen LogP contribution is -2.57. The molecule has 0 fully saturated rings. The Balaban J connectivity index is 4.52. The van der Waals surface area contributed by atoms with Crippen LogP contribution in [-0.4, -0.2) is 48.9 Å². The number of ether oxygens (including phenoxy) is 2. The van der Waals surface area contributed by atoms with Crippen LogP contribution in [0.2, 0.25) is 0 Å². The SMILES string of the molecule is CCOC(C)C(=O)NC(C)(COC)C(=O)O. The zero-order valence-corrected chi connectivity index (χ0v) is 10.1. The number of carbonyl (C=O) groups excluding carboxylic acids is 1. The lowest BCUT2D eigenvalue weighted by Gasteiger charge is -2.26. The molecular weight excluding hydrogens is 214 g/mol. The first-order valence-corrected chi connectivity index (χ1v) is 5.03. The zero-order valence-electron chi connectivity index (χ0n) is 10.1. The summed E-state index contributed by atoms with van der Waals surface area (Å²) >= 11 is 0. The number of amides is 1. The quantitative estimate of drug-likeness (QED) is 0.647. The van der Waals surface area contributed by atoms with Crippen LogP contribution in [0.15, 0.2) is 0 Å². The van der Waals surface area contributed by atoms with Crippen LogP contribution in [0, 0.1) is 0 Å². The number of rotatable bonds is 7. The third-order valence-electron chi connectivity index (χ3n) is 2.09. The van der Waals surface area contributed by atoms with Gasteiger partial charge in [-0.05, 0) is 20.8 Å². The third-order valence-corrected chi connectivity index (χ3v) is 2.09. The maximum absolute atomic E-state index is 11.6. The molecule has 0 aliphatic carbocycles. The van der Waals surface area contributed by atoms with E-state index in [1.807, 2.05) is 0 Å². The minimum absolute atomic E-state index is 0.104. The van der Waals surface area contributed by atoms with E-state index in [0.717, 1.165) is 0 Å². The molecule has 0 heterocycles. The number of hydrogen-bond donors (Lipinski definition) is 2. The molecule has 0 aliphatic rings. The number of carboxylic acids is 1. The first-order valence-electron chi connectivity index (χ1n) is 5.03. The van der Waals surface area contributed by atoms with Crippen LogP contribution < -0.4 is 5.32 Å². The van der Waals surface area contributed by atoms with Gasteiger partial charge in [0, 0.05) is 13.7 Å². The molecule has 94 valence electrons. The van der Waals surface area contributed by atoms with Gasteiger partial charge in [-0.1, -0.05) is 0 Å². The van der Waals surface area contributed by atoms with Crippen molar-refractivity contribution in [2.75, 3.05) is 20.3 Å². The predicted octanol–water partition coefficient (Wildman–Crippen LogP) is 0.0173. The number of hydrogen-bond acceptors (Lipinski definition) is 4. The number of carboxylic acid groups (broad SMARTS) is 1. The van der Waals surface area contributed by atoms with Crippen LogP contribution in [0.1, 0.15) is 20.8 Å². The second-order valence-electron chi connectivity index (χ2n) is 3.66. The summed E-state index contributed by atoms with van der Waals surface area (Å²) in [5.74, 6) is -1.62. The zero-order chi connectivity index (χ0) is 12.8. The summed E-state index contributed by atoms with van der Waals surface area (Å²) in [5, 5.41) is 11.4. The molecule has 16 heavy (non-hydrogen) atoms. The van der Waals surface area contributed by atoms with Crippen molar-refractivity contribution in [3.8, 4) is 0 Å². The fourth-order valence-corrected chi connectivity index (χ4v) is 1.14. The van der Waals surface area contributed by atoms with E-state index in [4.69, 9.17) is 14.6 Å². The Morgan fingerprint density at radius 3 is 2.44 bits per heavy atom. The van der Waals surface area contributed by atoms with Gasteiger partial charge >= 0.3 is 5.97 Å². The molecule has 0 saturated heterocycles. The van der Waals surface area contributed by atoms with Crippen molar-refractivity contribution in [1.29, 1.82) is 0 Å². The highest BCUT2D eigenvalue weighted by atomic mass is 16.5. The molecule has 6 heteroatoms. The normalized spacial score (nSPS) is 16.2. The van der Waals surface area contributed by atoms with Crippen LogP contribution in [0.5, 0.6) is 0 Å². The average Bonchev–Trinajstić information content (AvgIpc) is 2.18. The Morgan fingerprint density at radius 1 is 1.50 bits per heavy atom. The minimum atomic E-state index is -1.43. The molecule has 0 aromatic rings. The van der Waals surface area contributed by atoms with E-state index in [2.05, 4.69) is 5.32 Å². The summed E-state index contributed by atoms with van der Waals surface area (Å²) in [6.07, 6.45) is -0.680. The fraction of sp³-hybridized carbons (Fsp3) is 0.800. The summed E-state index contributed by atoms with van der Waals surface area (Å²) in [6.45, 7) is 4.99. The van der Waals surface area contributed by atoms with Crippen molar-refractivity contribution >= 4 is 11.9 Å². The van der Waals surface area contributed by atoms with Crippen molar-refractivity contribution in [3.05, 3.63) is 0 Å². The smallest absolute Gasteiger partial charge is 0.331 e. The van der Waals surface area contributed by atoms with E-state index >= 15 is 0 Å². The van der Waals surface area contributed by atoms with E-state index in [1.165, 1.54) is 14.0 Å². The van der Waals surface area contributed by atoms with Crippen LogP contribution in [0.25, 0.3) is 0 Å². The standard InChI is InChI=1S/C10H19NO5/c1-5-16-7(2)8(12)11-10(3,6-15-4)9(13)14/h7H,5-6H2,1-4H3,(H,11,12)(H,13,14). The summed E-state index contributed by atoms with van der Waals surface area (Å²) in [4.78, 5) is 22.6. The van der Waals surface area contributed by atoms with E-state index in [0.29, 0.717) is 6.61 Å². The topological polar surface area (TPSA) is 84.9 Å². The Bertz CT molecular complexity index is 256. The monoisotopic (exact) mass is 233 g/mol. The first-order chi connectivity index (χ1) is 7.37. The van der Waals surface area contributed by atoms with Gasteiger partial charge in [-0.3, -0.25) is 4.79 Å². The van der Waals surface area contributed by atoms with Gasteiger partial charge in [0.2, 0.25) is 5.91 Å². The number of nitrogens with one attached hydrogen (secondary N) is 1. The predicted molar refractivity (Wildman–Crippen MR) is 57.1 cm³/mol. The molecule has 0 aromatic carbocycles. The van der Waals surface area contributed by atoms with Crippen LogP contribution >= 0.6 is 0 Å². The second kappa shape index (κ2) is 6.44. The highest BCUT2D eigenvalue weighted by Gasteiger charge is 2.36. The van der Waals surface area contributed by atoms with Gasteiger partial charge in [0.1, 0.15) is 6.10 Å². The maximum atomic E-state index is 11.6. The number of carbonyl (C=O) groups is 2. The number of methoxy groups -OCH3 is 1. The summed E-state index contributed by atoms with van der Waals surface area (Å²) < 4.78 is 9.83. The molecule has 0 rings (SSSR count). The van der Waals surface area contributed by atoms with Gasteiger partial charge in [0.05, 0.1) is 6.61 Å². The Kier molecular flexibility index (Phi) is 5.98. The van der Waals surface area contributed by atoms with E-state index in [1.54, 1.807) is 13.8 Å². The molecule has 0 bridgehead atoms. The molecular formula is C10H19NO5. The van der Waals surface area contributed by atoms with Crippen molar-refractivity contribution < 1.29 is 24.2 Å². The van der Waals surface area contributed by atoms with Gasteiger partial charge in [0.15, 0.2) is 5.54 Å². The Morgan fingerprint density at radius 2 is 2.06 bits per heavy atom. The largest absolute Gasteiger partial charge is 0.479 e. The van der Waals surface area contributed by atoms with Crippen molar-refractivity contribution in [3.63, 3.8) is 0 Å². The lowest BCUT2D eigenvalue weighted by atomic mass is 10.0. The Labute approximate surface area is 94.9 Å². The summed E-state index contributed by atoms with van der Waals surface area (Å²) in [5.41, 5.74) is -1.43. The molecule has 0 saturated carbocycles. The van der Waals surface area contributed by atoms with Gasteiger partial charge in [0.25, 0.3) is 0 Å². The Hall–Kier alpha value is -1.14. The van der Waals surface area contributed by atoms with Gasteiger partial charge in [-0.15, -0.1) is 0 Å². The van der Waals surface area contributed by atoms with Crippen LogP contribution in [-0.2, 0) is 19.1 Å². The highest BCUT2D eigenvalue weighted by molar-refractivity contribution is 5.88. The summed E-state index contributed by atoms with van der Waals surface area (Å²) in [7, 11) is 1.37. The number of aliphatic carboxylic acids is 1. The van der Waals surface area contributed by atoms with Crippen LogP contribution in [0.4, 0.5) is 0 Å². The molecule has 0 aromatic heterocycles. The van der Waals surface area contributed by atoms with E-state index < -0.39 is 23.5 Å². The van der Waals surface area contributed by atoms with Crippen molar-refractivity contribution in [2.24, 2.45) is 0 Å². The van der Waals surface area contributed by atoms with Gasteiger partial charge < -0.3 is 19.9 Å². The van der Waals surface area contributed by atoms with Crippen molar-refractivity contribution in [1.82, 2.24) is 5.32 Å². The van der Waals surface area contributed by atoms with Gasteiger partial charge in [-0.2, -0.15) is 0 Å². The molecule has 0 radical (unpaired) electrons. The molecule has 2 atom stereocenters. The minimum Gasteiger partial charge on any atom is -0.479 e. The maximum Gasteiger partial charge on any atom is 0.331 e. The third kappa shape index (κ3) is 4.16. The molecule has 1 amide bonds. The van der Waals surface area contributed by atoms with Crippen LogP contribution in [0.3, 0.4) is 0 Å². The lowest BCUT2D eigenvalue weighted by molar-refractivity contribution is -0.151. The molecule has 6 nitrogen and oxygen atoms in total. The average molecular weight is 233 g/mol. The molecule has 0 aliphatic heterocycles. The summed E-state index contributed by atoms with van der Waals surface area (Å²) in [6, 6.07) is 0. The van der Waals surface area contributed by atoms with Crippen molar-refractivity contribution in [2.45, 2.75) is 32.4 Å². The highest BCUT2D eigenvalue weighted by Crippen LogP contribution is 2.06. The molecule has 2 N–H and O–H groups in total. The molecule has 2 unspecified atom stereocenters. The van der Waals surface area contributed by atoms with Gasteiger partial charge in [-0.25, -0.2) is 4.79 Å². The fourth-order valence-electron chi connectivity index (χ4n) is 1.14. The molecule has 0 spiro atoms. The van der Waals surface area contributed by atoms with E-state index in [-0.39, 0.29) is 6.61 Å².